The van der Waals surface area contributed by atoms with Gasteiger partial charge in [0.05, 0.1) is 0 Å². The summed E-state index contributed by atoms with van der Waals surface area (Å²) in [6.07, 6.45) is 6.50. The number of rotatable bonds is 6. The topological polar surface area (TPSA) is 99.3 Å². The summed E-state index contributed by atoms with van der Waals surface area (Å²) in [6.45, 7) is 5.46. The van der Waals surface area contributed by atoms with Crippen molar-refractivity contribution in [3.63, 3.8) is 0 Å². The molecular weight excluding hydrogens is 308 g/mol. The molecule has 1 saturated heterocycles. The molecule has 0 radical (unpaired) electrons. The molecule has 8 heteroatoms. The van der Waals surface area contributed by atoms with Crippen LogP contribution in [0, 0.1) is 0 Å². The van der Waals surface area contributed by atoms with E-state index in [9.17, 15) is 9.59 Å². The van der Waals surface area contributed by atoms with Crippen molar-refractivity contribution in [1.82, 2.24) is 25.5 Å². The van der Waals surface area contributed by atoms with Crippen molar-refractivity contribution in [2.75, 3.05) is 25.0 Å². The summed E-state index contributed by atoms with van der Waals surface area (Å²) in [6, 6.07) is 1.10. The van der Waals surface area contributed by atoms with E-state index in [0.717, 1.165) is 25.8 Å². The van der Waals surface area contributed by atoms with Crippen LogP contribution in [0.25, 0.3) is 0 Å². The molecule has 132 valence electrons. The van der Waals surface area contributed by atoms with Crippen LogP contribution in [0.4, 0.5) is 10.7 Å². The second-order valence-electron chi connectivity index (χ2n) is 6.00. The number of carbonyl (C=O) groups is 2. The van der Waals surface area contributed by atoms with Gasteiger partial charge in [-0.25, -0.2) is 14.8 Å². The van der Waals surface area contributed by atoms with Gasteiger partial charge in [-0.1, -0.05) is 0 Å². The smallest absolute Gasteiger partial charge is 0.315 e. The third-order valence-electron chi connectivity index (χ3n) is 4.06. The molecule has 3 N–H and O–H groups in total. The molecule has 1 aromatic heterocycles. The van der Waals surface area contributed by atoms with Crippen LogP contribution in [0.3, 0.4) is 0 Å². The van der Waals surface area contributed by atoms with Gasteiger partial charge >= 0.3 is 6.03 Å². The molecule has 2 heterocycles. The normalized spacial score (nSPS) is 18.6. The Morgan fingerprint density at radius 3 is 2.75 bits per heavy atom. The van der Waals surface area contributed by atoms with Gasteiger partial charge in [-0.2, -0.15) is 0 Å². The summed E-state index contributed by atoms with van der Waals surface area (Å²) < 4.78 is 0. The standard InChI is InChI=1S/C16H26N6O2/c1-12-6-3-4-11-22(12)14(23)13(2)21-16(24)20-10-9-19-15-17-7-5-8-18-15/h5,7-8,12-13H,3-4,6,9-11H2,1-2H3,(H,17,18,19)(H2,20,21,24). The monoisotopic (exact) mass is 334 g/mol. The minimum atomic E-state index is -0.532. The number of carbonyl (C=O) groups excluding carboxylic acids is 2. The lowest BCUT2D eigenvalue weighted by Gasteiger charge is -2.35. The van der Waals surface area contributed by atoms with Gasteiger partial charge in [0.2, 0.25) is 11.9 Å². The van der Waals surface area contributed by atoms with Crippen molar-refractivity contribution >= 4 is 17.9 Å². The van der Waals surface area contributed by atoms with Crippen LogP contribution in [0.2, 0.25) is 0 Å². The number of nitrogens with zero attached hydrogens (tertiary/aromatic N) is 3. The first-order valence-electron chi connectivity index (χ1n) is 8.43. The Bertz CT molecular complexity index is 539. The summed E-state index contributed by atoms with van der Waals surface area (Å²) in [5.41, 5.74) is 0. The average Bonchev–Trinajstić information content (AvgIpc) is 2.59. The summed E-state index contributed by atoms with van der Waals surface area (Å²) in [5.74, 6) is 0.496. The lowest BCUT2D eigenvalue weighted by atomic mass is 10.0. The average molecular weight is 334 g/mol. The molecule has 1 aromatic rings. The van der Waals surface area contributed by atoms with E-state index in [1.165, 1.54) is 0 Å². The summed E-state index contributed by atoms with van der Waals surface area (Å²) in [4.78, 5) is 34.2. The van der Waals surface area contributed by atoms with Gasteiger partial charge < -0.3 is 20.9 Å². The first kappa shape index (κ1) is 18.0. The molecule has 0 saturated carbocycles. The maximum absolute atomic E-state index is 12.4. The predicted octanol–water partition coefficient (Wildman–Crippen LogP) is 0.977. The van der Waals surface area contributed by atoms with Gasteiger partial charge in [0, 0.05) is 38.1 Å². The van der Waals surface area contributed by atoms with Gasteiger partial charge in [-0.3, -0.25) is 4.79 Å². The largest absolute Gasteiger partial charge is 0.352 e. The summed E-state index contributed by atoms with van der Waals surface area (Å²) >= 11 is 0. The minimum Gasteiger partial charge on any atom is -0.352 e. The first-order valence-corrected chi connectivity index (χ1v) is 8.43. The number of piperidine rings is 1. The Morgan fingerprint density at radius 2 is 2.04 bits per heavy atom. The van der Waals surface area contributed by atoms with E-state index < -0.39 is 6.04 Å². The molecule has 1 aliphatic rings. The summed E-state index contributed by atoms with van der Waals surface area (Å²) in [7, 11) is 0. The van der Waals surface area contributed by atoms with Crippen LogP contribution < -0.4 is 16.0 Å². The second-order valence-corrected chi connectivity index (χ2v) is 6.00. The quantitative estimate of drug-likeness (QED) is 0.674. The molecule has 24 heavy (non-hydrogen) atoms. The lowest BCUT2D eigenvalue weighted by Crippen LogP contribution is -2.53. The third kappa shape index (κ3) is 5.36. The molecule has 1 fully saturated rings. The predicted molar refractivity (Wildman–Crippen MR) is 91.5 cm³/mol. The van der Waals surface area contributed by atoms with E-state index in [0.29, 0.717) is 19.0 Å². The van der Waals surface area contributed by atoms with E-state index in [1.807, 2.05) is 4.90 Å². The molecule has 1 aliphatic heterocycles. The maximum atomic E-state index is 12.4. The van der Waals surface area contributed by atoms with Crippen molar-refractivity contribution in [1.29, 1.82) is 0 Å². The zero-order valence-electron chi connectivity index (χ0n) is 14.3. The van der Waals surface area contributed by atoms with Gasteiger partial charge in [0.15, 0.2) is 0 Å². The van der Waals surface area contributed by atoms with E-state index in [4.69, 9.17) is 0 Å². The molecule has 3 amide bonds. The van der Waals surface area contributed by atoms with Gasteiger partial charge in [-0.05, 0) is 39.2 Å². The molecule has 2 atom stereocenters. The fourth-order valence-electron chi connectivity index (χ4n) is 2.72. The first-order chi connectivity index (χ1) is 11.6. The number of nitrogens with one attached hydrogen (secondary N) is 3. The zero-order chi connectivity index (χ0) is 17.4. The number of hydrogen-bond donors (Lipinski definition) is 3. The Morgan fingerprint density at radius 1 is 1.29 bits per heavy atom. The minimum absolute atomic E-state index is 0.0202. The van der Waals surface area contributed by atoms with E-state index >= 15 is 0 Å². The van der Waals surface area contributed by atoms with E-state index in [-0.39, 0.29) is 18.0 Å². The number of aromatic nitrogens is 2. The number of urea groups is 1. The van der Waals surface area contributed by atoms with Gasteiger partial charge in [-0.15, -0.1) is 0 Å². The molecule has 0 aliphatic carbocycles. The highest BCUT2D eigenvalue weighted by atomic mass is 16.2. The molecule has 2 unspecified atom stereocenters. The highest BCUT2D eigenvalue weighted by molar-refractivity contribution is 5.87. The third-order valence-corrected chi connectivity index (χ3v) is 4.06. The Balaban J connectivity index is 1.66. The van der Waals surface area contributed by atoms with Crippen LogP contribution in [0.5, 0.6) is 0 Å². The van der Waals surface area contributed by atoms with Crippen LogP contribution in [-0.2, 0) is 4.79 Å². The summed E-state index contributed by atoms with van der Waals surface area (Å²) in [5, 5.41) is 8.40. The van der Waals surface area contributed by atoms with Crippen LogP contribution in [0.15, 0.2) is 18.5 Å². The van der Waals surface area contributed by atoms with E-state index in [1.54, 1.807) is 25.4 Å². The SMILES string of the molecule is CC(NC(=O)NCCNc1ncccn1)C(=O)N1CCCCC1C. The molecule has 0 spiro atoms. The van der Waals surface area contributed by atoms with Crippen molar-refractivity contribution in [2.45, 2.75) is 45.2 Å². The van der Waals surface area contributed by atoms with Crippen molar-refractivity contribution in [3.05, 3.63) is 18.5 Å². The highest BCUT2D eigenvalue weighted by Crippen LogP contribution is 2.17. The molecular formula is C16H26N6O2. The Kier molecular flexibility index (Phi) is 6.77. The fourth-order valence-corrected chi connectivity index (χ4v) is 2.72. The van der Waals surface area contributed by atoms with Crippen molar-refractivity contribution < 1.29 is 9.59 Å². The molecule has 8 nitrogen and oxygen atoms in total. The van der Waals surface area contributed by atoms with Gasteiger partial charge in [0.25, 0.3) is 0 Å². The number of likely N-dealkylation sites (tertiary alicyclic amines) is 1. The second kappa shape index (κ2) is 9.05. The van der Waals surface area contributed by atoms with Crippen molar-refractivity contribution in [3.8, 4) is 0 Å². The van der Waals surface area contributed by atoms with Crippen LogP contribution in [-0.4, -0.2) is 58.5 Å². The highest BCUT2D eigenvalue weighted by Gasteiger charge is 2.27. The number of amides is 3. The fraction of sp³-hybridized carbons (Fsp3) is 0.625. The van der Waals surface area contributed by atoms with Crippen LogP contribution >= 0.6 is 0 Å². The van der Waals surface area contributed by atoms with E-state index in [2.05, 4.69) is 32.8 Å². The molecule has 0 bridgehead atoms. The van der Waals surface area contributed by atoms with Crippen LogP contribution in [0.1, 0.15) is 33.1 Å². The maximum Gasteiger partial charge on any atom is 0.315 e. The molecule has 2 rings (SSSR count). The Hall–Kier alpha value is -2.38. The van der Waals surface area contributed by atoms with Crippen molar-refractivity contribution in [2.24, 2.45) is 0 Å². The lowest BCUT2D eigenvalue weighted by molar-refractivity contribution is -0.136. The Labute approximate surface area is 142 Å². The molecule has 0 aromatic carbocycles. The zero-order valence-corrected chi connectivity index (χ0v) is 14.3. The van der Waals surface area contributed by atoms with Gasteiger partial charge in [0.1, 0.15) is 6.04 Å². The number of anilines is 1. The number of hydrogen-bond acceptors (Lipinski definition) is 5.